The minimum absolute atomic E-state index is 0.300. The summed E-state index contributed by atoms with van der Waals surface area (Å²) in [6.07, 6.45) is 11.5. The lowest BCUT2D eigenvalue weighted by Gasteiger charge is -2.45. The van der Waals surface area contributed by atoms with Gasteiger partial charge in [0.2, 0.25) is 0 Å². The van der Waals surface area contributed by atoms with Crippen LogP contribution in [0.4, 0.5) is 0 Å². The van der Waals surface area contributed by atoms with Crippen LogP contribution in [-0.4, -0.2) is 29.6 Å². The van der Waals surface area contributed by atoms with Crippen molar-refractivity contribution in [3.63, 3.8) is 0 Å². The van der Waals surface area contributed by atoms with Crippen LogP contribution in [0.1, 0.15) is 58.3 Å². The van der Waals surface area contributed by atoms with Crippen molar-refractivity contribution < 1.29 is 0 Å². The maximum Gasteiger partial charge on any atom is 0.0309 e. The molecule has 3 aliphatic carbocycles. The van der Waals surface area contributed by atoms with E-state index in [0.29, 0.717) is 5.54 Å². The first-order valence-electron chi connectivity index (χ1n) is 7.68. The molecular weight excluding hydrogens is 208 g/mol. The van der Waals surface area contributed by atoms with E-state index in [4.69, 9.17) is 5.73 Å². The van der Waals surface area contributed by atoms with Crippen LogP contribution in [0, 0.1) is 11.8 Å². The molecule has 2 N–H and O–H groups in total. The standard InChI is InChI=1S/C15H28N2/c1-15(11-16,9-12-3-2-4-12)17(14-7-8-14)10-13-5-6-13/h12-14H,2-11,16H2,1H3. The number of rotatable bonds is 7. The summed E-state index contributed by atoms with van der Waals surface area (Å²) in [6.45, 7) is 4.63. The van der Waals surface area contributed by atoms with Crippen LogP contribution in [0.5, 0.6) is 0 Å². The minimum Gasteiger partial charge on any atom is -0.329 e. The molecule has 0 aliphatic heterocycles. The zero-order chi connectivity index (χ0) is 11.9. The molecule has 98 valence electrons. The van der Waals surface area contributed by atoms with Gasteiger partial charge in [0.25, 0.3) is 0 Å². The van der Waals surface area contributed by atoms with Crippen molar-refractivity contribution in [1.82, 2.24) is 4.90 Å². The molecule has 0 bridgehead atoms. The molecule has 0 aromatic rings. The Morgan fingerprint density at radius 2 is 1.76 bits per heavy atom. The number of nitrogens with two attached hydrogens (primary N) is 1. The van der Waals surface area contributed by atoms with Gasteiger partial charge in [0.15, 0.2) is 0 Å². The van der Waals surface area contributed by atoms with Crippen LogP contribution in [-0.2, 0) is 0 Å². The Bertz CT molecular complexity index is 266. The van der Waals surface area contributed by atoms with E-state index >= 15 is 0 Å². The molecule has 0 heterocycles. The van der Waals surface area contributed by atoms with Gasteiger partial charge in [-0.15, -0.1) is 0 Å². The lowest BCUT2D eigenvalue weighted by molar-refractivity contribution is 0.0561. The zero-order valence-electron chi connectivity index (χ0n) is 11.3. The van der Waals surface area contributed by atoms with E-state index in [0.717, 1.165) is 24.4 Å². The average molecular weight is 236 g/mol. The fraction of sp³-hybridized carbons (Fsp3) is 1.00. The molecule has 0 aromatic carbocycles. The van der Waals surface area contributed by atoms with E-state index < -0.39 is 0 Å². The van der Waals surface area contributed by atoms with Gasteiger partial charge in [-0.1, -0.05) is 19.3 Å². The minimum atomic E-state index is 0.300. The van der Waals surface area contributed by atoms with Crippen LogP contribution in [0.3, 0.4) is 0 Å². The molecule has 2 heteroatoms. The van der Waals surface area contributed by atoms with E-state index in [2.05, 4.69) is 11.8 Å². The Kier molecular flexibility index (Phi) is 3.20. The third-order valence-electron chi connectivity index (χ3n) is 5.23. The molecule has 17 heavy (non-hydrogen) atoms. The van der Waals surface area contributed by atoms with Crippen molar-refractivity contribution in [2.45, 2.75) is 69.9 Å². The van der Waals surface area contributed by atoms with Gasteiger partial charge < -0.3 is 5.73 Å². The zero-order valence-corrected chi connectivity index (χ0v) is 11.3. The SMILES string of the molecule is CC(CN)(CC1CCC1)N(CC1CC1)C1CC1. The smallest absolute Gasteiger partial charge is 0.0309 e. The third-order valence-corrected chi connectivity index (χ3v) is 5.23. The highest BCUT2D eigenvalue weighted by atomic mass is 15.3. The highest BCUT2D eigenvalue weighted by Crippen LogP contribution is 2.42. The van der Waals surface area contributed by atoms with Gasteiger partial charge in [0.1, 0.15) is 0 Å². The Morgan fingerprint density at radius 1 is 1.06 bits per heavy atom. The Balaban J connectivity index is 1.64. The van der Waals surface area contributed by atoms with Crippen molar-refractivity contribution in [1.29, 1.82) is 0 Å². The maximum absolute atomic E-state index is 6.16. The van der Waals surface area contributed by atoms with Crippen LogP contribution >= 0.6 is 0 Å². The maximum atomic E-state index is 6.16. The molecule has 2 nitrogen and oxygen atoms in total. The second-order valence-corrected chi connectivity index (χ2v) is 7.03. The monoisotopic (exact) mass is 236 g/mol. The van der Waals surface area contributed by atoms with E-state index in [1.165, 1.54) is 57.9 Å². The summed E-state index contributed by atoms with van der Waals surface area (Å²) in [5.74, 6) is 1.98. The summed E-state index contributed by atoms with van der Waals surface area (Å²) in [5.41, 5.74) is 6.46. The fourth-order valence-corrected chi connectivity index (χ4v) is 3.41. The van der Waals surface area contributed by atoms with E-state index in [-0.39, 0.29) is 0 Å². The van der Waals surface area contributed by atoms with Crippen molar-refractivity contribution in [2.75, 3.05) is 13.1 Å². The van der Waals surface area contributed by atoms with Crippen LogP contribution in [0.25, 0.3) is 0 Å². The Morgan fingerprint density at radius 3 is 2.18 bits per heavy atom. The molecule has 0 spiro atoms. The van der Waals surface area contributed by atoms with Gasteiger partial charge in [-0.25, -0.2) is 0 Å². The fourth-order valence-electron chi connectivity index (χ4n) is 3.41. The quantitative estimate of drug-likeness (QED) is 0.736. The molecular formula is C15H28N2. The molecule has 1 atom stereocenters. The third kappa shape index (κ3) is 2.68. The molecule has 3 saturated carbocycles. The number of hydrogen-bond donors (Lipinski definition) is 1. The van der Waals surface area contributed by atoms with E-state index in [1.54, 1.807) is 0 Å². The van der Waals surface area contributed by atoms with Crippen LogP contribution < -0.4 is 5.73 Å². The predicted octanol–water partition coefficient (Wildman–Crippen LogP) is 2.77. The van der Waals surface area contributed by atoms with Crippen molar-refractivity contribution in [3.05, 3.63) is 0 Å². The van der Waals surface area contributed by atoms with Gasteiger partial charge >= 0.3 is 0 Å². The Hall–Kier alpha value is -0.0800. The summed E-state index contributed by atoms with van der Waals surface area (Å²) in [4.78, 5) is 2.81. The van der Waals surface area contributed by atoms with E-state index in [9.17, 15) is 0 Å². The largest absolute Gasteiger partial charge is 0.329 e. The Labute approximate surface area is 106 Å². The van der Waals surface area contributed by atoms with Gasteiger partial charge in [-0.05, 0) is 50.9 Å². The molecule has 0 amide bonds. The summed E-state index contributed by atoms with van der Waals surface area (Å²) >= 11 is 0. The average Bonchev–Trinajstić information content (AvgIpc) is 3.13. The van der Waals surface area contributed by atoms with Gasteiger partial charge in [-0.2, -0.15) is 0 Å². The predicted molar refractivity (Wildman–Crippen MR) is 71.9 cm³/mol. The van der Waals surface area contributed by atoms with Crippen molar-refractivity contribution in [2.24, 2.45) is 17.6 Å². The van der Waals surface area contributed by atoms with Crippen molar-refractivity contribution in [3.8, 4) is 0 Å². The summed E-state index contributed by atoms with van der Waals surface area (Å²) in [7, 11) is 0. The highest BCUT2D eigenvalue weighted by Gasteiger charge is 2.44. The lowest BCUT2D eigenvalue weighted by atomic mass is 9.75. The van der Waals surface area contributed by atoms with Crippen LogP contribution in [0.2, 0.25) is 0 Å². The highest BCUT2D eigenvalue weighted by molar-refractivity contribution is 5.00. The second-order valence-electron chi connectivity index (χ2n) is 7.03. The van der Waals surface area contributed by atoms with Gasteiger partial charge in [0, 0.05) is 24.7 Å². The lowest BCUT2D eigenvalue weighted by Crippen LogP contribution is -2.55. The summed E-state index contributed by atoms with van der Waals surface area (Å²) < 4.78 is 0. The molecule has 0 radical (unpaired) electrons. The molecule has 3 fully saturated rings. The molecule has 0 saturated heterocycles. The van der Waals surface area contributed by atoms with E-state index in [1.807, 2.05) is 0 Å². The summed E-state index contributed by atoms with van der Waals surface area (Å²) in [6, 6.07) is 0.879. The molecule has 3 aliphatic rings. The van der Waals surface area contributed by atoms with Gasteiger partial charge in [0.05, 0.1) is 0 Å². The topological polar surface area (TPSA) is 29.3 Å². The second kappa shape index (κ2) is 4.55. The first-order chi connectivity index (χ1) is 8.21. The molecule has 0 aromatic heterocycles. The summed E-state index contributed by atoms with van der Waals surface area (Å²) in [5, 5.41) is 0. The number of hydrogen-bond acceptors (Lipinski definition) is 2. The van der Waals surface area contributed by atoms with Crippen LogP contribution in [0.15, 0.2) is 0 Å². The molecule has 1 unspecified atom stereocenters. The van der Waals surface area contributed by atoms with Gasteiger partial charge in [-0.3, -0.25) is 4.90 Å². The molecule has 3 rings (SSSR count). The van der Waals surface area contributed by atoms with Crippen molar-refractivity contribution >= 4 is 0 Å². The first kappa shape index (κ1) is 12.0. The number of nitrogens with zero attached hydrogens (tertiary/aromatic N) is 1. The first-order valence-corrected chi connectivity index (χ1v) is 7.68. The normalized spacial score (nSPS) is 29.1.